The van der Waals surface area contributed by atoms with Crippen LogP contribution in [0.4, 0.5) is 0 Å². The summed E-state index contributed by atoms with van der Waals surface area (Å²) < 4.78 is 0. The Labute approximate surface area is 67.8 Å². The van der Waals surface area contributed by atoms with Crippen molar-refractivity contribution >= 4 is 5.78 Å². The summed E-state index contributed by atoms with van der Waals surface area (Å²) in [7, 11) is 0. The van der Waals surface area contributed by atoms with E-state index in [1.165, 1.54) is 12.8 Å². The molecule has 0 aromatic heterocycles. The molecule has 0 amide bonds. The van der Waals surface area contributed by atoms with Crippen molar-refractivity contribution in [2.75, 3.05) is 0 Å². The highest BCUT2D eigenvalue weighted by Crippen LogP contribution is 2.20. The van der Waals surface area contributed by atoms with Crippen LogP contribution < -0.4 is 0 Å². The maximum Gasteiger partial charge on any atom is 0.152 e. The molecule has 60 valence electrons. The van der Waals surface area contributed by atoms with Crippen molar-refractivity contribution < 1.29 is 4.79 Å². The third kappa shape index (κ3) is 3.17. The van der Waals surface area contributed by atoms with Crippen LogP contribution in [0.5, 0.6) is 0 Å². The highest BCUT2D eigenvalue weighted by Gasteiger charge is 2.05. The van der Waals surface area contributed by atoms with Crippen LogP contribution >= 0.6 is 0 Å². The lowest BCUT2D eigenvalue weighted by Crippen LogP contribution is -1.89. The second kappa shape index (κ2) is 4.12. The Kier molecular flexibility index (Phi) is 3.09. The third-order valence-corrected chi connectivity index (χ3v) is 1.90. The standard InChI is InChI=1S/C10H14O/c1-9(11)5-4-8-10-6-2-3-7-10/h2,4-6,10H,3,7-8H2,1H3/b5-4+. The van der Waals surface area contributed by atoms with Crippen LogP contribution in [0.2, 0.25) is 0 Å². The zero-order valence-electron chi connectivity index (χ0n) is 6.92. The van der Waals surface area contributed by atoms with E-state index in [2.05, 4.69) is 12.2 Å². The van der Waals surface area contributed by atoms with Gasteiger partial charge >= 0.3 is 0 Å². The smallest absolute Gasteiger partial charge is 0.152 e. The van der Waals surface area contributed by atoms with E-state index in [0.717, 1.165) is 6.42 Å². The van der Waals surface area contributed by atoms with Crippen LogP contribution in [0.3, 0.4) is 0 Å². The predicted molar refractivity (Wildman–Crippen MR) is 46.3 cm³/mol. The van der Waals surface area contributed by atoms with Gasteiger partial charge in [0.1, 0.15) is 0 Å². The fourth-order valence-electron chi connectivity index (χ4n) is 1.30. The normalized spacial score (nSPS) is 23.2. The van der Waals surface area contributed by atoms with Crippen LogP contribution in [0.15, 0.2) is 24.3 Å². The third-order valence-electron chi connectivity index (χ3n) is 1.90. The maximum absolute atomic E-state index is 10.5. The number of carbonyl (C=O) groups is 1. The minimum atomic E-state index is 0.145. The molecule has 0 heterocycles. The summed E-state index contributed by atoms with van der Waals surface area (Å²) in [5.74, 6) is 0.831. The van der Waals surface area contributed by atoms with Gasteiger partial charge in [-0.15, -0.1) is 0 Å². The first kappa shape index (κ1) is 8.25. The molecule has 1 atom stereocenters. The van der Waals surface area contributed by atoms with E-state index in [1.54, 1.807) is 13.0 Å². The predicted octanol–water partition coefficient (Wildman–Crippen LogP) is 2.49. The van der Waals surface area contributed by atoms with E-state index >= 15 is 0 Å². The highest BCUT2D eigenvalue weighted by atomic mass is 16.1. The second-order valence-electron chi connectivity index (χ2n) is 3.01. The average molecular weight is 150 g/mol. The molecule has 0 spiro atoms. The van der Waals surface area contributed by atoms with Gasteiger partial charge in [0.2, 0.25) is 0 Å². The van der Waals surface area contributed by atoms with E-state index in [-0.39, 0.29) is 5.78 Å². The van der Waals surface area contributed by atoms with Crippen molar-refractivity contribution in [2.45, 2.75) is 26.2 Å². The van der Waals surface area contributed by atoms with E-state index in [4.69, 9.17) is 0 Å². The van der Waals surface area contributed by atoms with E-state index < -0.39 is 0 Å². The fourth-order valence-corrected chi connectivity index (χ4v) is 1.30. The molecule has 0 saturated carbocycles. The molecule has 1 nitrogen and oxygen atoms in total. The molecule has 0 bridgehead atoms. The van der Waals surface area contributed by atoms with Crippen molar-refractivity contribution in [3.05, 3.63) is 24.3 Å². The summed E-state index contributed by atoms with van der Waals surface area (Å²) in [6.07, 6.45) is 11.6. The quantitative estimate of drug-likeness (QED) is 0.446. The van der Waals surface area contributed by atoms with Crippen molar-refractivity contribution in [2.24, 2.45) is 5.92 Å². The van der Waals surface area contributed by atoms with Gasteiger partial charge < -0.3 is 0 Å². The Balaban J connectivity index is 2.21. The topological polar surface area (TPSA) is 17.1 Å². The van der Waals surface area contributed by atoms with Crippen LogP contribution in [0, 0.1) is 5.92 Å². The Morgan fingerprint density at radius 3 is 3.09 bits per heavy atom. The SMILES string of the molecule is CC(=O)/C=C/CC1C=CCC1. The summed E-state index contributed by atoms with van der Waals surface area (Å²) in [5.41, 5.74) is 0. The molecule has 1 heteroatoms. The molecule has 0 aromatic rings. The zero-order chi connectivity index (χ0) is 8.10. The first-order chi connectivity index (χ1) is 5.29. The lowest BCUT2D eigenvalue weighted by Gasteiger charge is -2.00. The van der Waals surface area contributed by atoms with Gasteiger partial charge in [0.05, 0.1) is 0 Å². The van der Waals surface area contributed by atoms with Gasteiger partial charge in [0, 0.05) is 0 Å². The summed E-state index contributed by atoms with van der Waals surface area (Å²) in [6.45, 7) is 1.58. The lowest BCUT2D eigenvalue weighted by atomic mass is 10.1. The van der Waals surface area contributed by atoms with Crippen LogP contribution in [0.25, 0.3) is 0 Å². The molecular weight excluding hydrogens is 136 g/mol. The first-order valence-electron chi connectivity index (χ1n) is 4.13. The molecule has 11 heavy (non-hydrogen) atoms. The molecule has 0 aliphatic heterocycles. The van der Waals surface area contributed by atoms with Gasteiger partial charge in [0.25, 0.3) is 0 Å². The van der Waals surface area contributed by atoms with Gasteiger partial charge in [-0.05, 0) is 38.2 Å². The number of hydrogen-bond acceptors (Lipinski definition) is 1. The molecule has 0 N–H and O–H groups in total. The van der Waals surface area contributed by atoms with Gasteiger partial charge in [-0.25, -0.2) is 0 Å². The Bertz CT molecular complexity index is 189. The number of carbonyl (C=O) groups excluding carboxylic acids is 1. The van der Waals surface area contributed by atoms with Crippen molar-refractivity contribution in [3.8, 4) is 0 Å². The highest BCUT2D eigenvalue weighted by molar-refractivity contribution is 5.87. The number of ketones is 1. The molecular formula is C10H14O. The number of allylic oxidation sites excluding steroid dienone is 4. The molecule has 1 aliphatic rings. The van der Waals surface area contributed by atoms with Gasteiger partial charge in [-0.1, -0.05) is 18.2 Å². The van der Waals surface area contributed by atoms with Crippen molar-refractivity contribution in [1.82, 2.24) is 0 Å². The Morgan fingerprint density at radius 1 is 1.73 bits per heavy atom. The number of rotatable bonds is 3. The fraction of sp³-hybridized carbons (Fsp3) is 0.500. The summed E-state index contributed by atoms with van der Waals surface area (Å²) in [4.78, 5) is 10.5. The summed E-state index contributed by atoms with van der Waals surface area (Å²) in [6, 6.07) is 0. The minimum Gasteiger partial charge on any atom is -0.295 e. The van der Waals surface area contributed by atoms with Gasteiger partial charge in [-0.2, -0.15) is 0 Å². The van der Waals surface area contributed by atoms with Crippen LogP contribution in [-0.4, -0.2) is 5.78 Å². The molecule has 0 radical (unpaired) electrons. The molecule has 0 aromatic carbocycles. The molecule has 1 unspecified atom stereocenters. The van der Waals surface area contributed by atoms with Crippen molar-refractivity contribution in [1.29, 1.82) is 0 Å². The Hall–Kier alpha value is -0.850. The van der Waals surface area contributed by atoms with E-state index in [1.807, 2.05) is 6.08 Å². The molecule has 0 fully saturated rings. The largest absolute Gasteiger partial charge is 0.295 e. The first-order valence-corrected chi connectivity index (χ1v) is 4.13. The average Bonchev–Trinajstić information content (AvgIpc) is 2.39. The minimum absolute atomic E-state index is 0.145. The molecule has 1 rings (SSSR count). The summed E-state index contributed by atoms with van der Waals surface area (Å²) in [5, 5.41) is 0. The summed E-state index contributed by atoms with van der Waals surface area (Å²) >= 11 is 0. The Morgan fingerprint density at radius 2 is 2.55 bits per heavy atom. The maximum atomic E-state index is 10.5. The van der Waals surface area contributed by atoms with Crippen molar-refractivity contribution in [3.63, 3.8) is 0 Å². The van der Waals surface area contributed by atoms with E-state index in [9.17, 15) is 4.79 Å². The second-order valence-corrected chi connectivity index (χ2v) is 3.01. The molecule has 0 saturated heterocycles. The van der Waals surface area contributed by atoms with Crippen LogP contribution in [0.1, 0.15) is 26.2 Å². The van der Waals surface area contributed by atoms with E-state index in [0.29, 0.717) is 5.92 Å². The van der Waals surface area contributed by atoms with Gasteiger partial charge in [-0.3, -0.25) is 4.79 Å². The molecule has 1 aliphatic carbocycles. The van der Waals surface area contributed by atoms with Gasteiger partial charge in [0.15, 0.2) is 5.78 Å². The lowest BCUT2D eigenvalue weighted by molar-refractivity contribution is -0.112. The monoisotopic (exact) mass is 150 g/mol. The zero-order valence-corrected chi connectivity index (χ0v) is 6.92. The number of hydrogen-bond donors (Lipinski definition) is 0. The van der Waals surface area contributed by atoms with Crippen LogP contribution in [-0.2, 0) is 4.79 Å².